The number of aromatic nitrogens is 5. The van der Waals surface area contributed by atoms with Gasteiger partial charge in [0.1, 0.15) is 0 Å². The second kappa shape index (κ2) is 6.62. The number of nitrogens with zero attached hydrogens (tertiary/aromatic N) is 7. The number of anilines is 1. The van der Waals surface area contributed by atoms with E-state index >= 15 is 0 Å². The van der Waals surface area contributed by atoms with Crippen molar-refractivity contribution in [2.45, 2.75) is 39.3 Å². The Hall–Kier alpha value is -2.02. The van der Waals surface area contributed by atoms with Gasteiger partial charge in [-0.2, -0.15) is 5.10 Å². The third-order valence-electron chi connectivity index (χ3n) is 4.08. The third kappa shape index (κ3) is 4.04. The van der Waals surface area contributed by atoms with Crippen LogP contribution in [0.2, 0.25) is 0 Å². The average Bonchev–Trinajstić information content (AvgIpc) is 2.88. The molecule has 0 spiro atoms. The van der Waals surface area contributed by atoms with Crippen molar-refractivity contribution in [3.05, 3.63) is 30.2 Å². The van der Waals surface area contributed by atoms with Crippen molar-refractivity contribution in [3.63, 3.8) is 0 Å². The molecular weight excluding hydrogens is 290 g/mol. The minimum Gasteiger partial charge on any atom is -0.354 e. The van der Waals surface area contributed by atoms with E-state index in [1.807, 2.05) is 16.8 Å². The summed E-state index contributed by atoms with van der Waals surface area (Å²) in [6.07, 6.45) is 4.89. The molecule has 1 fully saturated rings. The number of hydrogen-bond donors (Lipinski definition) is 0. The summed E-state index contributed by atoms with van der Waals surface area (Å²) in [5, 5.41) is 16.8. The molecule has 0 atom stereocenters. The first kappa shape index (κ1) is 15.9. The Kier molecular flexibility index (Phi) is 4.56. The van der Waals surface area contributed by atoms with Gasteiger partial charge in [0.15, 0.2) is 5.82 Å². The Balaban J connectivity index is 1.59. The lowest BCUT2D eigenvalue weighted by Crippen LogP contribution is -2.31. The van der Waals surface area contributed by atoms with Crippen molar-refractivity contribution < 1.29 is 0 Å². The number of hydrogen-bond acceptors (Lipinski definition) is 6. The average molecular weight is 315 g/mol. The quantitative estimate of drug-likeness (QED) is 0.856. The van der Waals surface area contributed by atoms with Crippen LogP contribution in [0.15, 0.2) is 24.5 Å². The maximum Gasteiger partial charge on any atom is 0.151 e. The second-order valence-electron chi connectivity index (χ2n) is 7.02. The summed E-state index contributed by atoms with van der Waals surface area (Å²) in [6, 6.07) is 3.97. The molecule has 1 saturated heterocycles. The smallest absolute Gasteiger partial charge is 0.151 e. The highest BCUT2D eigenvalue weighted by Crippen LogP contribution is 2.15. The molecule has 0 aromatic carbocycles. The van der Waals surface area contributed by atoms with E-state index in [0.717, 1.165) is 50.7 Å². The zero-order valence-electron chi connectivity index (χ0n) is 14.2. The molecule has 1 aliphatic heterocycles. The Morgan fingerprint density at radius 3 is 2.65 bits per heavy atom. The van der Waals surface area contributed by atoms with Crippen LogP contribution in [-0.4, -0.2) is 56.3 Å². The summed E-state index contributed by atoms with van der Waals surface area (Å²) in [5.41, 5.74) is 1.01. The Morgan fingerprint density at radius 1 is 1.09 bits per heavy atom. The highest BCUT2D eigenvalue weighted by Gasteiger charge is 2.19. The molecule has 124 valence electrons. The van der Waals surface area contributed by atoms with Crippen LogP contribution in [0.25, 0.3) is 0 Å². The van der Waals surface area contributed by atoms with E-state index in [4.69, 9.17) is 0 Å². The topological polar surface area (TPSA) is 63.0 Å². The normalized spacial score (nSPS) is 17.3. The lowest BCUT2D eigenvalue weighted by atomic mass is 10.1. The molecule has 1 aliphatic rings. The minimum absolute atomic E-state index is 0.0210. The summed E-state index contributed by atoms with van der Waals surface area (Å²) < 4.78 is 1.94. The summed E-state index contributed by atoms with van der Waals surface area (Å²) in [6.45, 7) is 11.3. The maximum atomic E-state index is 4.32. The molecule has 23 heavy (non-hydrogen) atoms. The van der Waals surface area contributed by atoms with Gasteiger partial charge >= 0.3 is 0 Å². The molecule has 0 saturated carbocycles. The molecule has 0 N–H and O–H groups in total. The Labute approximate surface area is 137 Å². The first-order valence-corrected chi connectivity index (χ1v) is 8.19. The van der Waals surface area contributed by atoms with Crippen molar-refractivity contribution in [2.24, 2.45) is 0 Å². The van der Waals surface area contributed by atoms with E-state index in [-0.39, 0.29) is 5.54 Å². The van der Waals surface area contributed by atoms with Crippen molar-refractivity contribution in [2.75, 3.05) is 31.1 Å². The van der Waals surface area contributed by atoms with Crippen LogP contribution < -0.4 is 4.90 Å². The van der Waals surface area contributed by atoms with Gasteiger partial charge in [-0.3, -0.25) is 4.90 Å². The first-order chi connectivity index (χ1) is 11.0. The Morgan fingerprint density at radius 2 is 1.96 bits per heavy atom. The molecule has 0 aliphatic carbocycles. The molecule has 2 aromatic rings. The van der Waals surface area contributed by atoms with E-state index in [1.165, 1.54) is 0 Å². The van der Waals surface area contributed by atoms with E-state index in [9.17, 15) is 0 Å². The van der Waals surface area contributed by atoms with Gasteiger partial charge in [-0.15, -0.1) is 10.2 Å². The van der Waals surface area contributed by atoms with Crippen molar-refractivity contribution in [1.29, 1.82) is 0 Å². The molecule has 0 unspecified atom stereocenters. The fraction of sp³-hybridized carbons (Fsp3) is 0.625. The van der Waals surface area contributed by atoms with Crippen LogP contribution in [-0.2, 0) is 12.1 Å². The van der Waals surface area contributed by atoms with Crippen LogP contribution in [0.5, 0.6) is 0 Å². The lowest BCUT2D eigenvalue weighted by Gasteiger charge is -2.21. The molecule has 3 rings (SSSR count). The predicted octanol–water partition coefficient (Wildman–Crippen LogP) is 1.54. The van der Waals surface area contributed by atoms with Gasteiger partial charge in [0.2, 0.25) is 0 Å². The monoisotopic (exact) mass is 315 g/mol. The zero-order valence-corrected chi connectivity index (χ0v) is 14.2. The van der Waals surface area contributed by atoms with Gasteiger partial charge < -0.3 is 4.90 Å². The largest absolute Gasteiger partial charge is 0.354 e. The fourth-order valence-electron chi connectivity index (χ4n) is 2.75. The highest BCUT2D eigenvalue weighted by atomic mass is 15.4. The fourth-order valence-corrected chi connectivity index (χ4v) is 2.75. The van der Waals surface area contributed by atoms with Crippen molar-refractivity contribution >= 4 is 5.82 Å². The van der Waals surface area contributed by atoms with Crippen LogP contribution in [0.1, 0.15) is 32.9 Å². The van der Waals surface area contributed by atoms with Gasteiger partial charge in [-0.05, 0) is 39.3 Å². The molecular formula is C16H25N7. The molecule has 3 heterocycles. The van der Waals surface area contributed by atoms with Crippen LogP contribution in [0, 0.1) is 0 Å². The first-order valence-electron chi connectivity index (χ1n) is 8.19. The lowest BCUT2D eigenvalue weighted by molar-refractivity contribution is 0.282. The summed E-state index contributed by atoms with van der Waals surface area (Å²) >= 11 is 0. The molecule has 0 bridgehead atoms. The molecule has 7 nitrogen and oxygen atoms in total. The summed E-state index contributed by atoms with van der Waals surface area (Å²) in [5.74, 6) is 0.966. The van der Waals surface area contributed by atoms with E-state index < -0.39 is 0 Å². The maximum absolute atomic E-state index is 4.32. The van der Waals surface area contributed by atoms with Gasteiger partial charge in [-0.25, -0.2) is 4.68 Å². The van der Waals surface area contributed by atoms with Gasteiger partial charge in [0.05, 0.1) is 17.4 Å². The van der Waals surface area contributed by atoms with Crippen molar-refractivity contribution in [3.8, 4) is 0 Å². The zero-order chi connectivity index (χ0) is 16.3. The van der Waals surface area contributed by atoms with Crippen LogP contribution >= 0.6 is 0 Å². The van der Waals surface area contributed by atoms with E-state index in [2.05, 4.69) is 57.3 Å². The van der Waals surface area contributed by atoms with E-state index in [1.54, 1.807) is 6.20 Å². The standard InChI is InChI=1S/C16H25N7/c1-16(2,3)23-13-14(18-20-23)12-21-8-5-9-22(11-10-21)15-6-4-7-17-19-15/h4,6-7,13H,5,8-12H2,1-3H3. The SMILES string of the molecule is CC(C)(C)n1cc(CN2CCCN(c3cccnn3)CC2)nn1. The van der Waals surface area contributed by atoms with Crippen LogP contribution in [0.4, 0.5) is 5.82 Å². The van der Waals surface area contributed by atoms with Gasteiger partial charge in [0.25, 0.3) is 0 Å². The molecule has 0 radical (unpaired) electrons. The van der Waals surface area contributed by atoms with Crippen molar-refractivity contribution in [1.82, 2.24) is 30.1 Å². The number of rotatable bonds is 3. The molecule has 0 amide bonds. The Bertz CT molecular complexity index is 617. The second-order valence-corrected chi connectivity index (χ2v) is 7.02. The van der Waals surface area contributed by atoms with Gasteiger partial charge in [-0.1, -0.05) is 5.21 Å². The van der Waals surface area contributed by atoms with Gasteiger partial charge in [0, 0.05) is 38.9 Å². The molecule has 2 aromatic heterocycles. The summed E-state index contributed by atoms with van der Waals surface area (Å²) in [7, 11) is 0. The summed E-state index contributed by atoms with van der Waals surface area (Å²) in [4.78, 5) is 4.74. The predicted molar refractivity (Wildman–Crippen MR) is 89.2 cm³/mol. The van der Waals surface area contributed by atoms with Crippen LogP contribution in [0.3, 0.4) is 0 Å². The van der Waals surface area contributed by atoms with E-state index in [0.29, 0.717) is 0 Å². The minimum atomic E-state index is -0.0210. The third-order valence-corrected chi connectivity index (χ3v) is 4.08. The molecule has 7 heteroatoms. The highest BCUT2D eigenvalue weighted by molar-refractivity contribution is 5.36.